The Labute approximate surface area is 105 Å². The van der Waals surface area contributed by atoms with E-state index in [1.54, 1.807) is 0 Å². The van der Waals surface area contributed by atoms with Crippen LogP contribution in [-0.2, 0) is 4.74 Å². The summed E-state index contributed by atoms with van der Waals surface area (Å²) < 4.78 is 6.02. The molecule has 100 valence electrons. The van der Waals surface area contributed by atoms with Crippen LogP contribution in [0.5, 0.6) is 0 Å². The Hall–Kier alpha value is -0.120. The Balaban J connectivity index is 1.89. The van der Waals surface area contributed by atoms with Crippen LogP contribution in [-0.4, -0.2) is 18.2 Å². The summed E-state index contributed by atoms with van der Waals surface area (Å²) in [5.74, 6) is 6.63. The van der Waals surface area contributed by atoms with Crippen LogP contribution in [0.4, 0.5) is 0 Å². The van der Waals surface area contributed by atoms with Gasteiger partial charge in [0.25, 0.3) is 0 Å². The summed E-state index contributed by atoms with van der Waals surface area (Å²) in [4.78, 5) is 0. The van der Waals surface area contributed by atoms with Gasteiger partial charge in [-0.2, -0.15) is 0 Å². The third-order valence-electron chi connectivity index (χ3n) is 4.73. The summed E-state index contributed by atoms with van der Waals surface area (Å²) in [5, 5.41) is 0. The molecule has 0 bridgehead atoms. The highest BCUT2D eigenvalue weighted by atomic mass is 16.5. The maximum absolute atomic E-state index is 6.02. The molecule has 0 aromatic rings. The molecule has 0 radical (unpaired) electrons. The quantitative estimate of drug-likeness (QED) is 0.587. The normalized spacial score (nSPS) is 33.5. The average molecular weight is 240 g/mol. The van der Waals surface area contributed by atoms with Gasteiger partial charge in [0.15, 0.2) is 0 Å². The van der Waals surface area contributed by atoms with E-state index >= 15 is 0 Å². The number of rotatable bonds is 4. The van der Waals surface area contributed by atoms with E-state index in [2.05, 4.69) is 12.3 Å². The predicted molar refractivity (Wildman–Crippen MR) is 70.5 cm³/mol. The molecular weight excluding hydrogens is 212 g/mol. The van der Waals surface area contributed by atoms with Gasteiger partial charge in [-0.3, -0.25) is 11.3 Å². The predicted octanol–water partition coefficient (Wildman–Crippen LogP) is 2.75. The van der Waals surface area contributed by atoms with Gasteiger partial charge in [-0.1, -0.05) is 32.1 Å². The molecule has 3 heteroatoms. The summed E-state index contributed by atoms with van der Waals surface area (Å²) in [7, 11) is 0. The molecule has 2 fully saturated rings. The lowest BCUT2D eigenvalue weighted by Gasteiger charge is -2.42. The first-order valence-electron chi connectivity index (χ1n) is 7.35. The van der Waals surface area contributed by atoms with Gasteiger partial charge >= 0.3 is 0 Å². The molecule has 1 heterocycles. The van der Waals surface area contributed by atoms with Crippen LogP contribution in [0.25, 0.3) is 0 Å². The molecule has 2 rings (SSSR count). The van der Waals surface area contributed by atoms with Gasteiger partial charge in [-0.05, 0) is 38.5 Å². The maximum Gasteiger partial charge on any atom is 0.0820 e. The lowest BCUT2D eigenvalue weighted by atomic mass is 9.78. The standard InChI is InChI=1S/C14H28N2O/c1-14(9-5-6-10-17-14)13(16-15)11-12-7-3-2-4-8-12/h12-13,16H,2-11,15H2,1H3. The van der Waals surface area contributed by atoms with Crippen LogP contribution in [0, 0.1) is 5.92 Å². The van der Waals surface area contributed by atoms with Gasteiger partial charge in [-0.15, -0.1) is 0 Å². The number of hydrogen-bond acceptors (Lipinski definition) is 3. The zero-order valence-electron chi connectivity index (χ0n) is 11.2. The van der Waals surface area contributed by atoms with Crippen LogP contribution >= 0.6 is 0 Å². The number of ether oxygens (including phenoxy) is 1. The first-order valence-corrected chi connectivity index (χ1v) is 7.35. The van der Waals surface area contributed by atoms with Gasteiger partial charge in [0.2, 0.25) is 0 Å². The molecule has 2 unspecified atom stereocenters. The van der Waals surface area contributed by atoms with Crippen molar-refractivity contribution in [2.45, 2.75) is 76.4 Å². The van der Waals surface area contributed by atoms with E-state index in [0.29, 0.717) is 6.04 Å². The average Bonchev–Trinajstić information content (AvgIpc) is 2.38. The Kier molecular flexibility index (Phi) is 4.83. The van der Waals surface area contributed by atoms with E-state index < -0.39 is 0 Å². The molecule has 17 heavy (non-hydrogen) atoms. The molecule has 3 N–H and O–H groups in total. The number of hydrogen-bond donors (Lipinski definition) is 2. The Morgan fingerprint density at radius 2 is 2.00 bits per heavy atom. The first-order chi connectivity index (χ1) is 8.24. The molecule has 2 atom stereocenters. The summed E-state index contributed by atoms with van der Waals surface area (Å²) in [6.07, 6.45) is 11.8. The molecule has 1 aliphatic carbocycles. The maximum atomic E-state index is 6.02. The molecule has 1 saturated carbocycles. The van der Waals surface area contributed by atoms with Gasteiger partial charge in [0.05, 0.1) is 11.6 Å². The van der Waals surface area contributed by atoms with E-state index in [0.717, 1.165) is 18.9 Å². The SMILES string of the molecule is CC1(C(CC2CCCCC2)NN)CCCCO1. The minimum Gasteiger partial charge on any atom is -0.374 e. The molecule has 1 aliphatic heterocycles. The minimum absolute atomic E-state index is 0.0373. The summed E-state index contributed by atoms with van der Waals surface area (Å²) in [6, 6.07) is 0.325. The summed E-state index contributed by atoms with van der Waals surface area (Å²) in [6.45, 7) is 3.14. The third kappa shape index (κ3) is 3.43. The second-order valence-electron chi connectivity index (χ2n) is 6.08. The van der Waals surface area contributed by atoms with Crippen molar-refractivity contribution in [1.29, 1.82) is 0 Å². The van der Waals surface area contributed by atoms with E-state index in [1.165, 1.54) is 51.4 Å². The second kappa shape index (κ2) is 6.17. The topological polar surface area (TPSA) is 47.3 Å². The van der Waals surface area contributed by atoms with Crippen molar-refractivity contribution in [3.05, 3.63) is 0 Å². The monoisotopic (exact) mass is 240 g/mol. The Morgan fingerprint density at radius 1 is 1.24 bits per heavy atom. The Bertz CT molecular complexity index is 220. The molecule has 0 amide bonds. The number of hydrazine groups is 1. The minimum atomic E-state index is -0.0373. The van der Waals surface area contributed by atoms with Crippen molar-refractivity contribution in [3.8, 4) is 0 Å². The molecule has 1 saturated heterocycles. The highest BCUT2D eigenvalue weighted by Gasteiger charge is 2.37. The van der Waals surface area contributed by atoms with Gasteiger partial charge < -0.3 is 4.74 Å². The molecule has 0 aromatic heterocycles. The van der Waals surface area contributed by atoms with E-state index in [9.17, 15) is 0 Å². The number of nitrogens with two attached hydrogens (primary N) is 1. The van der Waals surface area contributed by atoms with Crippen LogP contribution in [0.2, 0.25) is 0 Å². The molecule has 0 spiro atoms. The van der Waals surface area contributed by atoms with Crippen molar-refractivity contribution in [3.63, 3.8) is 0 Å². The summed E-state index contributed by atoms with van der Waals surface area (Å²) in [5.41, 5.74) is 3.00. The fourth-order valence-electron chi connectivity index (χ4n) is 3.48. The van der Waals surface area contributed by atoms with Crippen molar-refractivity contribution in [1.82, 2.24) is 5.43 Å². The third-order valence-corrected chi connectivity index (χ3v) is 4.73. The van der Waals surface area contributed by atoms with Gasteiger partial charge in [-0.25, -0.2) is 0 Å². The zero-order valence-corrected chi connectivity index (χ0v) is 11.2. The van der Waals surface area contributed by atoms with Crippen molar-refractivity contribution in [2.75, 3.05) is 6.61 Å². The van der Waals surface area contributed by atoms with E-state index in [4.69, 9.17) is 10.6 Å². The molecule has 2 aliphatic rings. The van der Waals surface area contributed by atoms with Gasteiger partial charge in [0.1, 0.15) is 0 Å². The number of nitrogens with one attached hydrogen (secondary N) is 1. The molecule has 0 aromatic carbocycles. The van der Waals surface area contributed by atoms with Crippen molar-refractivity contribution >= 4 is 0 Å². The zero-order chi connectivity index (χ0) is 12.1. The van der Waals surface area contributed by atoms with Gasteiger partial charge in [0, 0.05) is 6.61 Å². The fraction of sp³-hybridized carbons (Fsp3) is 1.00. The summed E-state index contributed by atoms with van der Waals surface area (Å²) >= 11 is 0. The fourth-order valence-corrected chi connectivity index (χ4v) is 3.48. The first kappa shape index (κ1) is 13.3. The lowest BCUT2D eigenvalue weighted by molar-refractivity contribution is -0.0934. The van der Waals surface area contributed by atoms with Crippen LogP contribution < -0.4 is 11.3 Å². The lowest BCUT2D eigenvalue weighted by Crippen LogP contribution is -2.55. The van der Waals surface area contributed by atoms with Crippen molar-refractivity contribution < 1.29 is 4.74 Å². The Morgan fingerprint density at radius 3 is 2.59 bits per heavy atom. The highest BCUT2D eigenvalue weighted by Crippen LogP contribution is 2.34. The second-order valence-corrected chi connectivity index (χ2v) is 6.08. The smallest absolute Gasteiger partial charge is 0.0820 e. The molecular formula is C14H28N2O. The van der Waals surface area contributed by atoms with Crippen LogP contribution in [0.1, 0.15) is 64.7 Å². The van der Waals surface area contributed by atoms with Crippen molar-refractivity contribution in [2.24, 2.45) is 11.8 Å². The van der Waals surface area contributed by atoms with Crippen LogP contribution in [0.3, 0.4) is 0 Å². The molecule has 3 nitrogen and oxygen atoms in total. The largest absolute Gasteiger partial charge is 0.374 e. The van der Waals surface area contributed by atoms with E-state index in [-0.39, 0.29) is 5.60 Å². The van der Waals surface area contributed by atoms with E-state index in [1.807, 2.05) is 0 Å². The highest BCUT2D eigenvalue weighted by molar-refractivity contribution is 4.92. The van der Waals surface area contributed by atoms with Crippen LogP contribution in [0.15, 0.2) is 0 Å².